The number of carbonyl (C=O) groups is 2. The molecule has 1 N–H and O–H groups in total. The van der Waals surface area contributed by atoms with Crippen LogP contribution in [0.15, 0.2) is 88.8 Å². The van der Waals surface area contributed by atoms with Crippen molar-refractivity contribution in [1.29, 1.82) is 0 Å². The normalized spacial score (nSPS) is 16.0. The molecule has 1 saturated heterocycles. The number of ether oxygens (including phenoxy) is 2. The van der Waals surface area contributed by atoms with E-state index in [2.05, 4.69) is 15.3 Å². The summed E-state index contributed by atoms with van der Waals surface area (Å²) < 4.78 is 70.7. The van der Waals surface area contributed by atoms with Crippen molar-refractivity contribution in [1.82, 2.24) is 24.4 Å². The van der Waals surface area contributed by atoms with Crippen LogP contribution in [0.2, 0.25) is 0 Å². The quantitative estimate of drug-likeness (QED) is 0.124. The summed E-state index contributed by atoms with van der Waals surface area (Å²) in [4.78, 5) is 64.9. The number of alkyl halides is 3. The van der Waals surface area contributed by atoms with Crippen molar-refractivity contribution in [2.45, 2.75) is 50.9 Å². The van der Waals surface area contributed by atoms with Gasteiger partial charge in [0.15, 0.2) is 0 Å². The Bertz CT molecular complexity index is 2730. The molecule has 1 amide bonds. The number of fused-ring (bicyclic) bond motifs is 3. The van der Waals surface area contributed by atoms with Crippen molar-refractivity contribution >= 4 is 39.4 Å². The van der Waals surface area contributed by atoms with Crippen molar-refractivity contribution in [3.8, 4) is 11.4 Å². The number of halogens is 4. The van der Waals surface area contributed by atoms with Crippen LogP contribution in [0.25, 0.3) is 27.5 Å². The molecule has 298 valence electrons. The lowest BCUT2D eigenvalue weighted by Crippen LogP contribution is -2.53. The average molecular weight is 797 g/mol. The fourth-order valence-corrected chi connectivity index (χ4v) is 7.89. The third-order valence-corrected chi connectivity index (χ3v) is 10.8. The monoisotopic (exact) mass is 796 g/mol. The molecule has 0 spiro atoms. The summed E-state index contributed by atoms with van der Waals surface area (Å²) in [5.74, 6) is -2.68. The molecule has 3 aromatic carbocycles. The standard InChI is InChI=1S/C42H36F4N6O6/c1-23-17-27(51-15-16-57-22-35(51)42(44,45)46)20-31(43)36(23)38(53)49-32(40(55)58-28-10-8-24-5-3-6-25(24)18-28)19-26-9-11-33(37-29(26)7-4-13-48-37)52-39(54)30-12-14-47-21-34(30)50(2)41(52)56/h4,7-14,17-18,20-21,32,35H,3,5-6,15-16,19,22H2,1-2H3,(H,49,53)/t32?,35-/m1/s1. The first-order chi connectivity index (χ1) is 27.8. The predicted molar refractivity (Wildman–Crippen MR) is 206 cm³/mol. The molecule has 0 bridgehead atoms. The Kier molecular flexibility index (Phi) is 10.0. The number of morpholine rings is 1. The van der Waals surface area contributed by atoms with Crippen LogP contribution >= 0.6 is 0 Å². The van der Waals surface area contributed by atoms with Gasteiger partial charge < -0.3 is 19.7 Å². The van der Waals surface area contributed by atoms with Gasteiger partial charge in [0.2, 0.25) is 0 Å². The molecule has 12 nitrogen and oxygen atoms in total. The highest BCUT2D eigenvalue weighted by Gasteiger charge is 2.45. The van der Waals surface area contributed by atoms with Gasteiger partial charge in [0, 0.05) is 43.5 Å². The smallest absolute Gasteiger partial charge is 0.411 e. The molecular weight excluding hydrogens is 760 g/mol. The number of nitrogens with one attached hydrogen (secondary N) is 1. The number of hydrogen-bond donors (Lipinski definition) is 1. The summed E-state index contributed by atoms with van der Waals surface area (Å²) in [6, 6.07) is 12.0. The molecule has 6 aromatic rings. The molecule has 2 aliphatic rings. The van der Waals surface area contributed by atoms with Gasteiger partial charge in [-0.1, -0.05) is 18.2 Å². The Hall–Kier alpha value is -6.42. The minimum absolute atomic E-state index is 0.00203. The zero-order chi connectivity index (χ0) is 40.9. The van der Waals surface area contributed by atoms with Crippen LogP contribution in [0.4, 0.5) is 23.2 Å². The number of rotatable bonds is 8. The van der Waals surface area contributed by atoms with E-state index in [1.54, 1.807) is 30.3 Å². The summed E-state index contributed by atoms with van der Waals surface area (Å²) in [6.07, 6.45) is 2.19. The molecule has 2 atom stereocenters. The molecule has 16 heteroatoms. The van der Waals surface area contributed by atoms with Crippen LogP contribution in [0.3, 0.4) is 0 Å². The van der Waals surface area contributed by atoms with Crippen LogP contribution in [0.5, 0.6) is 5.75 Å². The largest absolute Gasteiger partial charge is 0.425 e. The van der Waals surface area contributed by atoms with Crippen molar-refractivity contribution in [3.05, 3.63) is 134 Å². The number of aromatic nitrogens is 4. The van der Waals surface area contributed by atoms with E-state index in [4.69, 9.17) is 9.47 Å². The van der Waals surface area contributed by atoms with Gasteiger partial charge in [-0.05, 0) is 90.9 Å². The van der Waals surface area contributed by atoms with Gasteiger partial charge in [-0.3, -0.25) is 24.1 Å². The molecule has 0 saturated carbocycles. The first-order valence-corrected chi connectivity index (χ1v) is 18.6. The van der Waals surface area contributed by atoms with E-state index in [9.17, 15) is 32.3 Å². The van der Waals surface area contributed by atoms with Crippen molar-refractivity contribution < 1.29 is 36.6 Å². The second-order valence-corrected chi connectivity index (χ2v) is 14.4. The van der Waals surface area contributed by atoms with E-state index in [-0.39, 0.29) is 53.2 Å². The lowest BCUT2D eigenvalue weighted by atomic mass is 9.99. The highest BCUT2D eigenvalue weighted by Crippen LogP contribution is 2.33. The van der Waals surface area contributed by atoms with Crippen LogP contribution in [0, 0.1) is 12.7 Å². The van der Waals surface area contributed by atoms with Gasteiger partial charge in [0.25, 0.3) is 11.5 Å². The topological polar surface area (TPSA) is 138 Å². The second-order valence-electron chi connectivity index (χ2n) is 14.4. The molecule has 58 heavy (non-hydrogen) atoms. The highest BCUT2D eigenvalue weighted by atomic mass is 19.4. The first kappa shape index (κ1) is 38.5. The van der Waals surface area contributed by atoms with E-state index in [0.29, 0.717) is 16.5 Å². The highest BCUT2D eigenvalue weighted by molar-refractivity contribution is 5.99. The number of aryl methyl sites for hydroxylation is 4. The predicted octanol–water partition coefficient (Wildman–Crippen LogP) is 5.28. The number of carbonyl (C=O) groups excluding carboxylic acids is 2. The summed E-state index contributed by atoms with van der Waals surface area (Å²) in [5, 5.41) is 3.32. The molecule has 1 fully saturated rings. The molecule has 3 aromatic heterocycles. The lowest BCUT2D eigenvalue weighted by molar-refractivity contribution is -0.167. The summed E-state index contributed by atoms with van der Waals surface area (Å²) >= 11 is 0. The molecule has 8 rings (SSSR count). The number of hydrogen-bond acceptors (Lipinski definition) is 9. The van der Waals surface area contributed by atoms with E-state index >= 15 is 4.39 Å². The molecule has 4 heterocycles. The minimum atomic E-state index is -4.65. The van der Waals surface area contributed by atoms with Gasteiger partial charge in [0.1, 0.15) is 23.7 Å². The maximum atomic E-state index is 15.9. The number of esters is 1. The fraction of sp³-hybridized carbons (Fsp3) is 0.286. The van der Waals surface area contributed by atoms with Gasteiger partial charge in [-0.2, -0.15) is 13.2 Å². The van der Waals surface area contributed by atoms with Crippen LogP contribution in [-0.2, 0) is 35.8 Å². The Labute approximate surface area is 327 Å². The Morgan fingerprint density at radius 2 is 1.83 bits per heavy atom. The molecule has 1 unspecified atom stereocenters. The van der Waals surface area contributed by atoms with Gasteiger partial charge in [0.05, 0.1) is 47.1 Å². The number of anilines is 1. The van der Waals surface area contributed by atoms with Gasteiger partial charge in [-0.25, -0.2) is 18.5 Å². The van der Waals surface area contributed by atoms with E-state index in [1.165, 1.54) is 55.3 Å². The van der Waals surface area contributed by atoms with Crippen molar-refractivity contribution in [2.75, 3.05) is 24.7 Å². The van der Waals surface area contributed by atoms with E-state index < -0.39 is 59.4 Å². The van der Waals surface area contributed by atoms with Crippen molar-refractivity contribution in [2.24, 2.45) is 7.05 Å². The summed E-state index contributed by atoms with van der Waals surface area (Å²) in [5.41, 5.74) is 1.71. The summed E-state index contributed by atoms with van der Waals surface area (Å²) in [6.45, 7) is 0.630. The first-order valence-electron chi connectivity index (χ1n) is 18.6. The SMILES string of the molecule is Cc1cc(N2CCOC[C@@H]2C(F)(F)F)cc(F)c1C(=O)NC(Cc1ccc(-n2c(=O)c3ccncc3n(C)c2=O)c2ncccc12)C(=O)Oc1ccc2c(c1)CCC2. The van der Waals surface area contributed by atoms with E-state index in [1.807, 2.05) is 6.07 Å². The number of nitrogens with zero attached hydrogens (tertiary/aromatic N) is 5. The number of pyridine rings is 2. The molecule has 1 aliphatic carbocycles. The molecular formula is C42H36F4N6O6. The van der Waals surface area contributed by atoms with Crippen LogP contribution < -0.4 is 26.2 Å². The molecule has 1 aliphatic heterocycles. The third-order valence-electron chi connectivity index (χ3n) is 10.8. The zero-order valence-corrected chi connectivity index (χ0v) is 31.3. The maximum absolute atomic E-state index is 15.9. The lowest BCUT2D eigenvalue weighted by Gasteiger charge is -2.38. The third kappa shape index (κ3) is 7.08. The van der Waals surface area contributed by atoms with Crippen LogP contribution in [-0.4, -0.2) is 69.0 Å². The maximum Gasteiger partial charge on any atom is 0.411 e. The fourth-order valence-electron chi connectivity index (χ4n) is 7.89. The number of amides is 1. The van der Waals surface area contributed by atoms with Crippen molar-refractivity contribution in [3.63, 3.8) is 0 Å². The Balaban J connectivity index is 1.16. The Morgan fingerprint density at radius 3 is 2.62 bits per heavy atom. The Morgan fingerprint density at radius 1 is 1.02 bits per heavy atom. The molecule has 0 radical (unpaired) electrons. The zero-order valence-electron chi connectivity index (χ0n) is 31.3. The second kappa shape index (κ2) is 15.2. The summed E-state index contributed by atoms with van der Waals surface area (Å²) in [7, 11) is 1.52. The van der Waals surface area contributed by atoms with Gasteiger partial charge >= 0.3 is 17.8 Å². The van der Waals surface area contributed by atoms with Gasteiger partial charge in [-0.15, -0.1) is 0 Å². The number of benzene rings is 3. The van der Waals surface area contributed by atoms with E-state index in [0.717, 1.165) is 45.9 Å². The average Bonchev–Trinajstić information content (AvgIpc) is 3.68. The van der Waals surface area contributed by atoms with Crippen LogP contribution in [0.1, 0.15) is 39.0 Å². The minimum Gasteiger partial charge on any atom is -0.425 e.